The summed E-state index contributed by atoms with van der Waals surface area (Å²) >= 11 is 4.17. The van der Waals surface area contributed by atoms with Crippen LogP contribution in [0.2, 0.25) is 0 Å². The van der Waals surface area contributed by atoms with Crippen LogP contribution in [0.3, 0.4) is 0 Å². The maximum atomic E-state index is 11.9. The first kappa shape index (κ1) is 14.2. The molecular formula is C12H6BrN3O3S. The molecule has 0 bridgehead atoms. The fourth-order valence-electron chi connectivity index (χ4n) is 1.37. The van der Waals surface area contributed by atoms with E-state index in [-0.39, 0.29) is 10.7 Å². The first-order valence-corrected chi connectivity index (χ1v) is 6.88. The van der Waals surface area contributed by atoms with Crippen LogP contribution in [-0.2, 0) is 0 Å². The van der Waals surface area contributed by atoms with Gasteiger partial charge in [-0.15, -0.1) is 11.3 Å². The number of carbonyl (C=O) groups is 2. The number of halogens is 1. The highest BCUT2D eigenvalue weighted by molar-refractivity contribution is 9.10. The number of aromatic carboxylic acids is 1. The van der Waals surface area contributed by atoms with E-state index in [1.807, 2.05) is 6.07 Å². The van der Waals surface area contributed by atoms with Crippen molar-refractivity contribution in [3.8, 4) is 6.07 Å². The number of nitrogens with one attached hydrogen (secondary N) is 1. The quantitative estimate of drug-likeness (QED) is 0.884. The number of benzene rings is 1. The number of nitriles is 1. The van der Waals surface area contributed by atoms with Crippen molar-refractivity contribution in [2.45, 2.75) is 0 Å². The summed E-state index contributed by atoms with van der Waals surface area (Å²) in [5, 5.41) is 21.5. The number of amides is 1. The van der Waals surface area contributed by atoms with Gasteiger partial charge in [0.15, 0.2) is 10.7 Å². The van der Waals surface area contributed by atoms with Gasteiger partial charge in [-0.2, -0.15) is 5.26 Å². The van der Waals surface area contributed by atoms with Crippen molar-refractivity contribution in [1.29, 1.82) is 5.26 Å². The molecule has 20 heavy (non-hydrogen) atoms. The molecule has 0 radical (unpaired) electrons. The molecule has 0 aliphatic carbocycles. The van der Waals surface area contributed by atoms with E-state index in [0.717, 1.165) is 11.3 Å². The van der Waals surface area contributed by atoms with Crippen molar-refractivity contribution in [1.82, 2.24) is 4.98 Å². The Morgan fingerprint density at radius 1 is 1.45 bits per heavy atom. The molecule has 1 heterocycles. The Bertz CT molecular complexity index is 736. The molecule has 1 aromatic heterocycles. The molecule has 0 spiro atoms. The zero-order valence-electron chi connectivity index (χ0n) is 9.75. The Morgan fingerprint density at radius 2 is 2.20 bits per heavy atom. The van der Waals surface area contributed by atoms with Crippen LogP contribution in [0.5, 0.6) is 0 Å². The van der Waals surface area contributed by atoms with Crippen LogP contribution in [0.4, 0.5) is 5.69 Å². The number of anilines is 1. The third-order valence-corrected chi connectivity index (χ3v) is 3.60. The Balaban J connectivity index is 2.25. The molecule has 0 fully saturated rings. The summed E-state index contributed by atoms with van der Waals surface area (Å²) in [6.07, 6.45) is 0. The van der Waals surface area contributed by atoms with Crippen molar-refractivity contribution < 1.29 is 14.7 Å². The molecule has 0 saturated carbocycles. The second-order valence-corrected chi connectivity index (χ2v) is 5.37. The largest absolute Gasteiger partial charge is 0.476 e. The molecule has 100 valence electrons. The molecule has 0 saturated heterocycles. The monoisotopic (exact) mass is 351 g/mol. The smallest absolute Gasteiger partial charge is 0.355 e. The van der Waals surface area contributed by atoms with Crippen molar-refractivity contribution >= 4 is 44.8 Å². The van der Waals surface area contributed by atoms with Crippen LogP contribution in [0, 0.1) is 11.3 Å². The summed E-state index contributed by atoms with van der Waals surface area (Å²) < 4.78 is 0.706. The number of thiazole rings is 1. The third-order valence-electron chi connectivity index (χ3n) is 2.27. The summed E-state index contributed by atoms with van der Waals surface area (Å²) in [5.74, 6) is -1.75. The summed E-state index contributed by atoms with van der Waals surface area (Å²) in [7, 11) is 0. The van der Waals surface area contributed by atoms with Crippen LogP contribution in [0.15, 0.2) is 28.1 Å². The zero-order chi connectivity index (χ0) is 14.7. The Hall–Kier alpha value is -2.24. The Labute approximate surface area is 125 Å². The fourth-order valence-corrected chi connectivity index (χ4v) is 2.42. The summed E-state index contributed by atoms with van der Waals surface area (Å²) in [5.41, 5.74) is 0.449. The van der Waals surface area contributed by atoms with E-state index in [9.17, 15) is 9.59 Å². The van der Waals surface area contributed by atoms with Crippen LogP contribution in [-0.4, -0.2) is 22.0 Å². The summed E-state index contributed by atoms with van der Waals surface area (Å²) in [6.45, 7) is 0. The number of rotatable bonds is 3. The highest BCUT2D eigenvalue weighted by Crippen LogP contribution is 2.22. The van der Waals surface area contributed by atoms with Crippen LogP contribution in [0.25, 0.3) is 0 Å². The lowest BCUT2D eigenvalue weighted by atomic mass is 10.2. The topological polar surface area (TPSA) is 103 Å². The van der Waals surface area contributed by atoms with Gasteiger partial charge in [0.05, 0.1) is 11.3 Å². The zero-order valence-corrected chi connectivity index (χ0v) is 12.2. The molecule has 2 aromatic rings. The highest BCUT2D eigenvalue weighted by Gasteiger charge is 2.16. The van der Waals surface area contributed by atoms with Gasteiger partial charge in [-0.3, -0.25) is 4.79 Å². The highest BCUT2D eigenvalue weighted by atomic mass is 79.9. The van der Waals surface area contributed by atoms with Crippen molar-refractivity contribution in [2.24, 2.45) is 0 Å². The molecule has 2 rings (SSSR count). The number of carboxylic acid groups (broad SMARTS) is 1. The average molecular weight is 352 g/mol. The van der Waals surface area contributed by atoms with Gasteiger partial charge < -0.3 is 10.4 Å². The van der Waals surface area contributed by atoms with E-state index < -0.39 is 11.9 Å². The second-order valence-electron chi connectivity index (χ2n) is 3.60. The first-order valence-electron chi connectivity index (χ1n) is 5.21. The fraction of sp³-hybridized carbons (Fsp3) is 0. The molecule has 0 aliphatic rings. The van der Waals surface area contributed by atoms with Crippen LogP contribution in [0.1, 0.15) is 25.9 Å². The molecular weight excluding hydrogens is 346 g/mol. The number of hydrogen-bond acceptors (Lipinski definition) is 5. The van der Waals surface area contributed by atoms with E-state index >= 15 is 0 Å². The maximum absolute atomic E-state index is 11.9. The summed E-state index contributed by atoms with van der Waals surface area (Å²) in [6, 6.07) is 6.78. The van der Waals surface area contributed by atoms with Crippen molar-refractivity contribution in [3.05, 3.63) is 44.3 Å². The van der Waals surface area contributed by atoms with Gasteiger partial charge in [0, 0.05) is 9.85 Å². The molecule has 6 nitrogen and oxygen atoms in total. The van der Waals surface area contributed by atoms with E-state index in [4.69, 9.17) is 10.4 Å². The van der Waals surface area contributed by atoms with E-state index in [0.29, 0.717) is 15.7 Å². The molecule has 2 N–H and O–H groups in total. The predicted molar refractivity (Wildman–Crippen MR) is 75.9 cm³/mol. The van der Waals surface area contributed by atoms with Gasteiger partial charge in [0.1, 0.15) is 6.07 Å². The summed E-state index contributed by atoms with van der Waals surface area (Å²) in [4.78, 5) is 26.3. The van der Waals surface area contributed by atoms with E-state index in [2.05, 4.69) is 26.2 Å². The van der Waals surface area contributed by atoms with Crippen molar-refractivity contribution in [3.63, 3.8) is 0 Å². The Kier molecular flexibility index (Phi) is 4.12. The van der Waals surface area contributed by atoms with Gasteiger partial charge in [-0.05, 0) is 18.2 Å². The van der Waals surface area contributed by atoms with E-state index in [1.165, 1.54) is 5.38 Å². The maximum Gasteiger partial charge on any atom is 0.355 e. The second kappa shape index (κ2) is 5.81. The molecule has 1 amide bonds. The number of nitrogens with zero attached hydrogens (tertiary/aromatic N) is 2. The molecule has 1 aromatic carbocycles. The average Bonchev–Trinajstić information content (AvgIpc) is 2.89. The minimum Gasteiger partial charge on any atom is -0.476 e. The lowest BCUT2D eigenvalue weighted by molar-refractivity contribution is 0.0691. The van der Waals surface area contributed by atoms with Gasteiger partial charge in [-0.25, -0.2) is 9.78 Å². The van der Waals surface area contributed by atoms with Crippen molar-refractivity contribution in [2.75, 3.05) is 5.32 Å². The predicted octanol–water partition coefficient (Wildman–Crippen LogP) is 2.73. The number of aromatic nitrogens is 1. The lowest BCUT2D eigenvalue weighted by Gasteiger charge is -2.05. The number of carboxylic acids is 1. The van der Waals surface area contributed by atoms with Crippen LogP contribution < -0.4 is 5.32 Å². The molecule has 8 heteroatoms. The standard InChI is InChI=1S/C12H6BrN3O3S/c13-7-2-1-6(4-14)8(3-7)15-10(17)11-16-9(5-20-11)12(18)19/h1-3,5H,(H,15,17)(H,18,19). The number of hydrogen-bond donors (Lipinski definition) is 2. The SMILES string of the molecule is N#Cc1ccc(Br)cc1NC(=O)c1nc(C(=O)O)cs1. The molecule has 0 atom stereocenters. The van der Waals surface area contributed by atoms with Crippen LogP contribution >= 0.6 is 27.3 Å². The minimum absolute atomic E-state index is 0.0197. The Morgan fingerprint density at radius 3 is 2.80 bits per heavy atom. The third kappa shape index (κ3) is 3.01. The van der Waals surface area contributed by atoms with Gasteiger partial charge in [0.2, 0.25) is 0 Å². The number of carbonyl (C=O) groups excluding carboxylic acids is 1. The van der Waals surface area contributed by atoms with E-state index in [1.54, 1.807) is 18.2 Å². The molecule has 0 unspecified atom stereocenters. The molecule has 0 aliphatic heterocycles. The normalized spacial score (nSPS) is 9.80. The van der Waals surface area contributed by atoms with Gasteiger partial charge >= 0.3 is 5.97 Å². The van der Waals surface area contributed by atoms with Gasteiger partial charge in [-0.1, -0.05) is 15.9 Å². The first-order chi connectivity index (χ1) is 9.51. The lowest BCUT2D eigenvalue weighted by Crippen LogP contribution is -2.13. The van der Waals surface area contributed by atoms with Gasteiger partial charge in [0.25, 0.3) is 5.91 Å². The minimum atomic E-state index is -1.19.